The number of rotatable bonds is 8. The molecule has 3 nitrogen and oxygen atoms in total. The number of esters is 1. The van der Waals surface area contributed by atoms with Gasteiger partial charge in [0.1, 0.15) is 5.25 Å². The summed E-state index contributed by atoms with van der Waals surface area (Å²) in [5.74, 6) is 0.320. The zero-order valence-corrected chi connectivity index (χ0v) is 13.4. The average Bonchev–Trinajstić information content (AvgIpc) is 3.32. The number of hydrogen-bond donors (Lipinski definition) is 0. The van der Waals surface area contributed by atoms with Gasteiger partial charge in [0.25, 0.3) is 0 Å². The number of Topliss-reactive ketones (excluding diaryl/α,β-unsaturated/α-hetero) is 1. The molecular formula is C17H22O3S. The summed E-state index contributed by atoms with van der Waals surface area (Å²) in [5.41, 5.74) is 0.778. The van der Waals surface area contributed by atoms with Gasteiger partial charge in [0, 0.05) is 16.4 Å². The third kappa shape index (κ3) is 4.88. The Kier molecular flexibility index (Phi) is 5.85. The first-order valence-corrected chi connectivity index (χ1v) is 8.47. The number of carbonyl (C=O) groups excluding carboxylic acids is 2. The van der Waals surface area contributed by atoms with Gasteiger partial charge < -0.3 is 4.74 Å². The Hall–Kier alpha value is -1.29. The molecule has 1 saturated carbocycles. The van der Waals surface area contributed by atoms with Gasteiger partial charge in [-0.3, -0.25) is 9.59 Å². The van der Waals surface area contributed by atoms with E-state index in [1.54, 1.807) is 0 Å². The molecule has 0 bridgehead atoms. The monoisotopic (exact) mass is 306 g/mol. The van der Waals surface area contributed by atoms with E-state index < -0.39 is 0 Å². The van der Waals surface area contributed by atoms with Gasteiger partial charge in [-0.15, -0.1) is 11.8 Å². The first-order valence-electron chi connectivity index (χ1n) is 7.59. The molecule has 0 aromatic heterocycles. The molecule has 1 aromatic rings. The highest BCUT2D eigenvalue weighted by molar-refractivity contribution is 8.00. The Morgan fingerprint density at radius 2 is 1.95 bits per heavy atom. The maximum absolute atomic E-state index is 11.9. The number of ketones is 1. The van der Waals surface area contributed by atoms with Crippen LogP contribution >= 0.6 is 11.8 Å². The predicted molar refractivity (Wildman–Crippen MR) is 84.7 cm³/mol. The molecule has 0 radical (unpaired) electrons. The standard InChI is InChI=1S/C17H22O3S/c1-3-4-11-20-17(19)12(2)21-15-9-7-14(8-10-15)16(18)13-5-6-13/h7-10,12-13H,3-6,11H2,1-2H3. The van der Waals surface area contributed by atoms with Crippen molar-refractivity contribution in [3.8, 4) is 0 Å². The fraction of sp³-hybridized carbons (Fsp3) is 0.529. The summed E-state index contributed by atoms with van der Waals surface area (Å²) in [6.45, 7) is 4.41. The number of benzene rings is 1. The van der Waals surface area contributed by atoms with E-state index >= 15 is 0 Å². The van der Waals surface area contributed by atoms with Crippen molar-refractivity contribution in [3.05, 3.63) is 29.8 Å². The normalized spacial score (nSPS) is 15.5. The van der Waals surface area contributed by atoms with Crippen LogP contribution in [0, 0.1) is 5.92 Å². The van der Waals surface area contributed by atoms with Crippen molar-refractivity contribution in [2.75, 3.05) is 6.61 Å². The van der Waals surface area contributed by atoms with Crippen molar-refractivity contribution in [1.82, 2.24) is 0 Å². The summed E-state index contributed by atoms with van der Waals surface area (Å²) in [5, 5.41) is -0.230. The van der Waals surface area contributed by atoms with Crippen LogP contribution in [0.25, 0.3) is 0 Å². The molecule has 21 heavy (non-hydrogen) atoms. The van der Waals surface area contributed by atoms with Crippen LogP contribution in [0.1, 0.15) is 49.9 Å². The van der Waals surface area contributed by atoms with E-state index in [9.17, 15) is 9.59 Å². The van der Waals surface area contributed by atoms with Crippen molar-refractivity contribution in [2.45, 2.75) is 49.7 Å². The van der Waals surface area contributed by atoms with Gasteiger partial charge in [0.2, 0.25) is 0 Å². The minimum absolute atomic E-state index is 0.174. The minimum Gasteiger partial charge on any atom is -0.465 e. The van der Waals surface area contributed by atoms with Crippen molar-refractivity contribution >= 4 is 23.5 Å². The molecule has 0 amide bonds. The Morgan fingerprint density at radius 3 is 2.52 bits per heavy atom. The molecule has 0 heterocycles. The highest BCUT2D eigenvalue weighted by Crippen LogP contribution is 2.33. The molecule has 0 spiro atoms. The van der Waals surface area contributed by atoms with Crippen LogP contribution in [-0.4, -0.2) is 23.6 Å². The van der Waals surface area contributed by atoms with E-state index in [0.29, 0.717) is 6.61 Å². The number of hydrogen-bond acceptors (Lipinski definition) is 4. The number of unbranched alkanes of at least 4 members (excludes halogenated alkanes) is 1. The average molecular weight is 306 g/mol. The topological polar surface area (TPSA) is 43.4 Å². The van der Waals surface area contributed by atoms with Crippen molar-refractivity contribution in [3.63, 3.8) is 0 Å². The summed E-state index contributed by atoms with van der Waals surface area (Å²) in [6, 6.07) is 7.54. The van der Waals surface area contributed by atoms with E-state index in [1.165, 1.54) is 11.8 Å². The molecule has 1 fully saturated rings. The predicted octanol–water partition coefficient (Wildman–Crippen LogP) is 4.10. The summed E-state index contributed by atoms with van der Waals surface area (Å²) < 4.78 is 5.20. The number of carbonyl (C=O) groups is 2. The number of ether oxygens (including phenoxy) is 1. The molecule has 2 rings (SSSR count). The van der Waals surface area contributed by atoms with Gasteiger partial charge in [-0.2, -0.15) is 0 Å². The summed E-state index contributed by atoms with van der Waals surface area (Å²) in [6.07, 6.45) is 3.97. The lowest BCUT2D eigenvalue weighted by Gasteiger charge is -2.11. The molecule has 4 heteroatoms. The van der Waals surface area contributed by atoms with Gasteiger partial charge in [0.05, 0.1) is 6.61 Å². The summed E-state index contributed by atoms with van der Waals surface area (Å²) in [4.78, 5) is 24.7. The second kappa shape index (κ2) is 7.64. The fourth-order valence-corrected chi connectivity index (χ4v) is 2.83. The van der Waals surface area contributed by atoms with Gasteiger partial charge in [-0.1, -0.05) is 25.5 Å². The van der Waals surface area contributed by atoms with Crippen LogP contribution in [0.5, 0.6) is 0 Å². The fourth-order valence-electron chi connectivity index (χ4n) is 1.97. The number of thioether (sulfide) groups is 1. The van der Waals surface area contributed by atoms with Gasteiger partial charge in [0.15, 0.2) is 5.78 Å². The molecule has 1 aliphatic carbocycles. The van der Waals surface area contributed by atoms with Crippen LogP contribution in [0.4, 0.5) is 0 Å². The third-order valence-electron chi connectivity index (χ3n) is 3.47. The molecule has 1 atom stereocenters. The second-order valence-corrected chi connectivity index (χ2v) is 6.86. The molecule has 1 unspecified atom stereocenters. The Labute approximate surface area is 130 Å². The lowest BCUT2D eigenvalue weighted by Crippen LogP contribution is -2.17. The molecule has 0 aliphatic heterocycles. The van der Waals surface area contributed by atoms with E-state index in [-0.39, 0.29) is 22.9 Å². The van der Waals surface area contributed by atoms with E-state index in [1.807, 2.05) is 31.2 Å². The summed E-state index contributed by atoms with van der Waals surface area (Å²) in [7, 11) is 0. The van der Waals surface area contributed by atoms with Crippen LogP contribution in [-0.2, 0) is 9.53 Å². The molecule has 0 saturated heterocycles. The summed E-state index contributed by atoms with van der Waals surface area (Å²) >= 11 is 1.47. The minimum atomic E-state index is -0.230. The Balaban J connectivity index is 1.84. The largest absolute Gasteiger partial charge is 0.465 e. The van der Waals surface area contributed by atoms with Crippen LogP contribution in [0.3, 0.4) is 0 Å². The molecule has 1 aromatic carbocycles. The van der Waals surface area contributed by atoms with Crippen molar-refractivity contribution in [1.29, 1.82) is 0 Å². The van der Waals surface area contributed by atoms with E-state index in [2.05, 4.69) is 6.92 Å². The lowest BCUT2D eigenvalue weighted by molar-refractivity contribution is -0.142. The first-order chi connectivity index (χ1) is 10.1. The Bertz CT molecular complexity index is 491. The van der Waals surface area contributed by atoms with Crippen molar-refractivity contribution < 1.29 is 14.3 Å². The lowest BCUT2D eigenvalue weighted by atomic mass is 10.1. The zero-order chi connectivity index (χ0) is 15.2. The van der Waals surface area contributed by atoms with Crippen molar-refractivity contribution in [2.24, 2.45) is 5.92 Å². The van der Waals surface area contributed by atoms with Crippen LogP contribution in [0.15, 0.2) is 29.2 Å². The molecule has 0 N–H and O–H groups in total. The second-order valence-electron chi connectivity index (χ2n) is 5.44. The van der Waals surface area contributed by atoms with Gasteiger partial charge in [-0.05, 0) is 38.3 Å². The molecule has 1 aliphatic rings. The zero-order valence-electron chi connectivity index (χ0n) is 12.6. The maximum Gasteiger partial charge on any atom is 0.319 e. The maximum atomic E-state index is 11.9. The molecule has 114 valence electrons. The van der Waals surface area contributed by atoms with Gasteiger partial charge in [-0.25, -0.2) is 0 Å². The van der Waals surface area contributed by atoms with E-state index in [0.717, 1.165) is 36.1 Å². The first kappa shape index (κ1) is 16.1. The van der Waals surface area contributed by atoms with Crippen LogP contribution < -0.4 is 0 Å². The quantitative estimate of drug-likeness (QED) is 0.314. The SMILES string of the molecule is CCCCOC(=O)C(C)Sc1ccc(C(=O)C2CC2)cc1. The third-order valence-corrected chi connectivity index (χ3v) is 4.56. The van der Waals surface area contributed by atoms with Crippen LogP contribution in [0.2, 0.25) is 0 Å². The highest BCUT2D eigenvalue weighted by atomic mass is 32.2. The smallest absolute Gasteiger partial charge is 0.319 e. The van der Waals surface area contributed by atoms with E-state index in [4.69, 9.17) is 4.74 Å². The highest BCUT2D eigenvalue weighted by Gasteiger charge is 2.30. The molecular weight excluding hydrogens is 284 g/mol. The Morgan fingerprint density at radius 1 is 1.29 bits per heavy atom. The van der Waals surface area contributed by atoms with Gasteiger partial charge >= 0.3 is 5.97 Å².